The van der Waals surface area contributed by atoms with Crippen molar-refractivity contribution in [1.82, 2.24) is 0 Å². The van der Waals surface area contributed by atoms with Gasteiger partial charge in [0.2, 0.25) is 0 Å². The lowest BCUT2D eigenvalue weighted by Gasteiger charge is -2.30. The highest BCUT2D eigenvalue weighted by Gasteiger charge is 2.51. The molecule has 33 heavy (non-hydrogen) atoms. The summed E-state index contributed by atoms with van der Waals surface area (Å²) in [7, 11) is 0. The minimum Gasteiger partial charge on any atom is -0.508 e. The Hall–Kier alpha value is -4.30. The third-order valence-corrected chi connectivity index (χ3v) is 7.15. The van der Waals surface area contributed by atoms with E-state index in [4.69, 9.17) is 0 Å². The van der Waals surface area contributed by atoms with Gasteiger partial charge in [-0.2, -0.15) is 0 Å². The van der Waals surface area contributed by atoms with Crippen molar-refractivity contribution in [2.75, 3.05) is 5.32 Å². The highest BCUT2D eigenvalue weighted by atomic mass is 16.3. The zero-order valence-corrected chi connectivity index (χ0v) is 17.9. The van der Waals surface area contributed by atoms with Gasteiger partial charge in [-0.25, -0.2) is 0 Å². The van der Waals surface area contributed by atoms with Gasteiger partial charge in [0.1, 0.15) is 5.75 Å². The molecule has 0 amide bonds. The van der Waals surface area contributed by atoms with Crippen molar-refractivity contribution >= 4 is 11.4 Å². The average Bonchev–Trinajstić information content (AvgIpc) is 3.33. The SMILES string of the molecule is Oc1ccc(Nc2ccc3c(c2)C2(c4ccccc4-c4ccccc42)c2ccccc2-3)cc1. The van der Waals surface area contributed by atoms with E-state index in [1.165, 1.54) is 44.5 Å². The van der Waals surface area contributed by atoms with Crippen LogP contribution in [0.5, 0.6) is 5.75 Å². The molecule has 0 atom stereocenters. The van der Waals surface area contributed by atoms with Crippen LogP contribution in [-0.2, 0) is 5.41 Å². The molecule has 5 aromatic carbocycles. The van der Waals surface area contributed by atoms with Gasteiger partial charge in [0, 0.05) is 11.4 Å². The number of nitrogens with one attached hydrogen (secondary N) is 1. The number of fused-ring (bicyclic) bond motifs is 10. The van der Waals surface area contributed by atoms with E-state index in [0.29, 0.717) is 0 Å². The van der Waals surface area contributed by atoms with Crippen LogP contribution >= 0.6 is 0 Å². The quantitative estimate of drug-likeness (QED) is 0.283. The van der Waals surface area contributed by atoms with E-state index in [2.05, 4.69) is 96.3 Å². The fourth-order valence-corrected chi connectivity index (χ4v) is 5.88. The number of aromatic hydroxyl groups is 1. The molecule has 0 aromatic heterocycles. The molecule has 2 nitrogen and oxygen atoms in total. The Morgan fingerprint density at radius 1 is 0.455 bits per heavy atom. The first-order valence-corrected chi connectivity index (χ1v) is 11.3. The van der Waals surface area contributed by atoms with E-state index in [0.717, 1.165) is 11.4 Å². The zero-order chi connectivity index (χ0) is 22.0. The molecular weight excluding hydrogens is 402 g/mol. The van der Waals surface area contributed by atoms with Gasteiger partial charge in [-0.3, -0.25) is 0 Å². The second-order valence-electron chi connectivity index (χ2n) is 8.82. The third-order valence-electron chi connectivity index (χ3n) is 7.15. The Morgan fingerprint density at radius 2 is 0.909 bits per heavy atom. The minimum absolute atomic E-state index is 0.267. The highest BCUT2D eigenvalue weighted by Crippen LogP contribution is 2.62. The van der Waals surface area contributed by atoms with Gasteiger partial charge >= 0.3 is 0 Å². The topological polar surface area (TPSA) is 32.3 Å². The third kappa shape index (κ3) is 2.38. The van der Waals surface area contributed by atoms with Crippen LogP contribution in [-0.4, -0.2) is 5.11 Å². The second-order valence-corrected chi connectivity index (χ2v) is 8.82. The molecule has 0 saturated carbocycles. The lowest BCUT2D eigenvalue weighted by Crippen LogP contribution is -2.25. The van der Waals surface area contributed by atoms with Crippen molar-refractivity contribution < 1.29 is 5.11 Å². The summed E-state index contributed by atoms with van der Waals surface area (Å²) in [6, 6.07) is 40.4. The van der Waals surface area contributed by atoms with Crippen LogP contribution in [0.2, 0.25) is 0 Å². The van der Waals surface area contributed by atoms with Gasteiger partial charge in [0.25, 0.3) is 0 Å². The van der Waals surface area contributed by atoms with Crippen LogP contribution in [0.1, 0.15) is 22.3 Å². The number of rotatable bonds is 2. The number of anilines is 2. The molecule has 2 N–H and O–H groups in total. The second kappa shape index (κ2) is 6.60. The van der Waals surface area contributed by atoms with Crippen molar-refractivity contribution in [3.8, 4) is 28.0 Å². The number of hydrogen-bond acceptors (Lipinski definition) is 2. The van der Waals surface area contributed by atoms with E-state index >= 15 is 0 Å². The molecule has 0 saturated heterocycles. The van der Waals surface area contributed by atoms with Crippen LogP contribution in [0.15, 0.2) is 115 Å². The van der Waals surface area contributed by atoms with Gasteiger partial charge in [0.15, 0.2) is 0 Å². The summed E-state index contributed by atoms with van der Waals surface area (Å²) in [5, 5.41) is 13.2. The Kier molecular flexibility index (Phi) is 3.66. The molecule has 0 bridgehead atoms. The van der Waals surface area contributed by atoms with Gasteiger partial charge in [0.05, 0.1) is 5.41 Å². The summed E-state index contributed by atoms with van der Waals surface area (Å²) in [5.74, 6) is 0.267. The normalized spacial score (nSPS) is 13.8. The van der Waals surface area contributed by atoms with E-state index in [1.807, 2.05) is 12.1 Å². The summed E-state index contributed by atoms with van der Waals surface area (Å²) in [6.45, 7) is 0. The van der Waals surface area contributed by atoms with E-state index in [9.17, 15) is 5.11 Å². The van der Waals surface area contributed by atoms with Gasteiger partial charge in [-0.05, 0) is 80.9 Å². The fraction of sp³-hybridized carbons (Fsp3) is 0.0323. The number of phenolic OH excluding ortho intramolecular Hbond substituents is 1. The monoisotopic (exact) mass is 423 g/mol. The smallest absolute Gasteiger partial charge is 0.115 e. The number of benzene rings is 5. The van der Waals surface area contributed by atoms with Crippen molar-refractivity contribution in [3.05, 3.63) is 138 Å². The molecule has 156 valence electrons. The maximum absolute atomic E-state index is 9.65. The summed E-state index contributed by atoms with van der Waals surface area (Å²) in [6.07, 6.45) is 0. The average molecular weight is 424 g/mol. The molecule has 0 fully saturated rings. The largest absolute Gasteiger partial charge is 0.508 e. The Labute approximate surface area is 192 Å². The molecule has 2 heteroatoms. The van der Waals surface area contributed by atoms with Crippen molar-refractivity contribution in [2.45, 2.75) is 5.41 Å². The summed E-state index contributed by atoms with van der Waals surface area (Å²) < 4.78 is 0. The molecule has 1 spiro atoms. The van der Waals surface area contributed by atoms with Gasteiger partial charge in [-0.1, -0.05) is 78.9 Å². The van der Waals surface area contributed by atoms with Crippen LogP contribution in [0, 0.1) is 0 Å². The van der Waals surface area contributed by atoms with Crippen molar-refractivity contribution in [1.29, 1.82) is 0 Å². The molecule has 0 aliphatic heterocycles. The van der Waals surface area contributed by atoms with Gasteiger partial charge in [-0.15, -0.1) is 0 Å². The molecule has 2 aliphatic carbocycles. The predicted molar refractivity (Wildman–Crippen MR) is 134 cm³/mol. The lowest BCUT2D eigenvalue weighted by atomic mass is 9.70. The number of phenols is 1. The standard InChI is InChI=1S/C31H21NO/c33-22-16-13-20(14-17-22)32-21-15-18-26-25-9-3-6-12-29(25)31(30(26)19-21)27-10-4-1-7-23(27)24-8-2-5-11-28(24)31/h1-19,32-33H. The molecular formula is C31H21NO. The molecule has 2 aliphatic rings. The Bertz CT molecular complexity index is 1480. The molecule has 0 heterocycles. The van der Waals surface area contributed by atoms with E-state index in [1.54, 1.807) is 12.1 Å². The maximum Gasteiger partial charge on any atom is 0.115 e. The van der Waals surface area contributed by atoms with Crippen LogP contribution in [0.25, 0.3) is 22.3 Å². The Morgan fingerprint density at radius 3 is 1.45 bits per heavy atom. The maximum atomic E-state index is 9.65. The van der Waals surface area contributed by atoms with Crippen molar-refractivity contribution in [3.63, 3.8) is 0 Å². The molecule has 7 rings (SSSR count). The molecule has 0 unspecified atom stereocenters. The fourth-order valence-electron chi connectivity index (χ4n) is 5.88. The first-order chi connectivity index (χ1) is 16.3. The Balaban J connectivity index is 1.52. The first-order valence-electron chi connectivity index (χ1n) is 11.3. The van der Waals surface area contributed by atoms with Crippen LogP contribution in [0.3, 0.4) is 0 Å². The van der Waals surface area contributed by atoms with E-state index in [-0.39, 0.29) is 11.2 Å². The number of hydrogen-bond donors (Lipinski definition) is 2. The van der Waals surface area contributed by atoms with Crippen LogP contribution in [0.4, 0.5) is 11.4 Å². The predicted octanol–water partition coefficient (Wildman–Crippen LogP) is 7.48. The zero-order valence-electron chi connectivity index (χ0n) is 17.9. The minimum atomic E-state index is -0.328. The summed E-state index contributed by atoms with van der Waals surface area (Å²) in [4.78, 5) is 0. The molecule has 5 aromatic rings. The van der Waals surface area contributed by atoms with E-state index < -0.39 is 0 Å². The molecule has 0 radical (unpaired) electrons. The first kappa shape index (κ1) is 18.3. The summed E-state index contributed by atoms with van der Waals surface area (Å²) in [5.41, 5.74) is 12.2. The lowest BCUT2D eigenvalue weighted by molar-refractivity contribution is 0.475. The van der Waals surface area contributed by atoms with Crippen LogP contribution < -0.4 is 5.32 Å². The summed E-state index contributed by atoms with van der Waals surface area (Å²) >= 11 is 0. The van der Waals surface area contributed by atoms with Crippen molar-refractivity contribution in [2.24, 2.45) is 0 Å². The highest BCUT2D eigenvalue weighted by molar-refractivity contribution is 5.95. The van der Waals surface area contributed by atoms with Gasteiger partial charge < -0.3 is 10.4 Å².